The molecule has 0 amide bonds. The fraction of sp³-hybridized carbons (Fsp3) is 0.125. The number of nitrogens with one attached hydrogen (secondary N) is 2. The zero-order chi connectivity index (χ0) is 21.4. The second-order valence-electron chi connectivity index (χ2n) is 7.37. The van der Waals surface area contributed by atoms with Crippen LogP contribution in [0.4, 0.5) is 11.4 Å². The van der Waals surface area contributed by atoms with Crippen LogP contribution in [-0.2, 0) is 0 Å². The Labute approximate surface area is 179 Å². The Morgan fingerprint density at radius 2 is 1.74 bits per heavy atom. The van der Waals surface area contributed by atoms with E-state index in [0.29, 0.717) is 11.5 Å². The van der Waals surface area contributed by atoms with Crippen LogP contribution in [0.2, 0.25) is 0 Å². The number of nitrogens with zero attached hydrogens (tertiary/aromatic N) is 3. The predicted octanol–water partition coefficient (Wildman–Crippen LogP) is 4.28. The summed E-state index contributed by atoms with van der Waals surface area (Å²) < 4.78 is 6.97. The quantitative estimate of drug-likeness (QED) is 0.522. The second kappa shape index (κ2) is 7.60. The third-order valence-electron chi connectivity index (χ3n) is 5.26. The molecule has 1 aromatic heterocycles. The number of fused-ring (bicyclic) bond motifs is 3. The summed E-state index contributed by atoms with van der Waals surface area (Å²) in [5, 5.41) is 11.6. The highest BCUT2D eigenvalue weighted by Gasteiger charge is 2.26. The van der Waals surface area contributed by atoms with Gasteiger partial charge < -0.3 is 15.4 Å². The standard InChI is InChI=1S/C24H21N5O2/c1-15-7-9-16(10-8-15)21-23(30)27-22-19-5-3-4-6-20(19)26-24(29(22)28-21)25-17-11-13-18(31-2)14-12-17/h3-14,24-26H,1-2H3/t24-/m0/s1. The van der Waals surface area contributed by atoms with Crippen molar-refractivity contribution in [3.63, 3.8) is 0 Å². The molecule has 0 fully saturated rings. The van der Waals surface area contributed by atoms with Gasteiger partial charge in [0.15, 0.2) is 17.8 Å². The minimum Gasteiger partial charge on any atom is -0.497 e. The molecule has 2 N–H and O–H groups in total. The van der Waals surface area contributed by atoms with Crippen LogP contribution in [-0.4, -0.2) is 21.9 Å². The SMILES string of the molecule is COc1ccc(N[C@H]2Nc3ccccc3-c3nc(=O)c(-c4ccc(C)cc4)nn32)cc1. The number of benzene rings is 3. The molecule has 0 spiro atoms. The molecule has 2 heterocycles. The molecule has 1 aliphatic heterocycles. The lowest BCUT2D eigenvalue weighted by Crippen LogP contribution is -2.35. The minimum absolute atomic E-state index is 0.312. The van der Waals surface area contributed by atoms with Crippen LogP contribution >= 0.6 is 0 Å². The van der Waals surface area contributed by atoms with E-state index >= 15 is 0 Å². The summed E-state index contributed by atoms with van der Waals surface area (Å²) >= 11 is 0. The molecular weight excluding hydrogens is 390 g/mol. The minimum atomic E-state index is -0.435. The monoisotopic (exact) mass is 411 g/mol. The van der Waals surface area contributed by atoms with Crippen molar-refractivity contribution in [2.75, 3.05) is 17.7 Å². The Balaban J connectivity index is 1.62. The van der Waals surface area contributed by atoms with Gasteiger partial charge in [-0.2, -0.15) is 10.1 Å². The van der Waals surface area contributed by atoms with Crippen LogP contribution in [0.25, 0.3) is 22.6 Å². The molecule has 3 aromatic carbocycles. The maximum atomic E-state index is 12.9. The Hall–Kier alpha value is -4.13. The zero-order valence-corrected chi connectivity index (χ0v) is 17.2. The maximum Gasteiger partial charge on any atom is 0.300 e. The van der Waals surface area contributed by atoms with Crippen LogP contribution in [0.3, 0.4) is 0 Å². The van der Waals surface area contributed by atoms with Crippen LogP contribution in [0.1, 0.15) is 11.9 Å². The molecular formula is C24H21N5O2. The van der Waals surface area contributed by atoms with Gasteiger partial charge in [0.2, 0.25) is 0 Å². The first-order valence-corrected chi connectivity index (χ1v) is 9.97. The molecule has 5 rings (SSSR count). The van der Waals surface area contributed by atoms with Gasteiger partial charge >= 0.3 is 0 Å². The Kier molecular flexibility index (Phi) is 4.63. The fourth-order valence-electron chi connectivity index (χ4n) is 3.61. The Morgan fingerprint density at radius 1 is 1.00 bits per heavy atom. The molecule has 0 saturated carbocycles. The molecule has 0 bridgehead atoms. The number of hydrogen-bond acceptors (Lipinski definition) is 6. The van der Waals surface area contributed by atoms with E-state index in [1.54, 1.807) is 11.8 Å². The normalized spacial score (nSPS) is 14.2. The fourth-order valence-corrected chi connectivity index (χ4v) is 3.61. The van der Waals surface area contributed by atoms with E-state index in [9.17, 15) is 4.79 Å². The van der Waals surface area contributed by atoms with Crippen molar-refractivity contribution in [3.05, 3.63) is 88.7 Å². The molecule has 1 aliphatic rings. The zero-order valence-electron chi connectivity index (χ0n) is 17.2. The van der Waals surface area contributed by atoms with Gasteiger partial charge in [0.25, 0.3) is 5.56 Å². The van der Waals surface area contributed by atoms with E-state index < -0.39 is 6.29 Å². The van der Waals surface area contributed by atoms with Crippen molar-refractivity contribution in [3.8, 4) is 28.4 Å². The average molecular weight is 411 g/mol. The molecule has 7 nitrogen and oxygen atoms in total. The highest BCUT2D eigenvalue weighted by Crippen LogP contribution is 2.34. The summed E-state index contributed by atoms with van der Waals surface area (Å²) in [6, 6.07) is 23.1. The number of hydrogen-bond donors (Lipinski definition) is 2. The van der Waals surface area contributed by atoms with Crippen molar-refractivity contribution in [1.82, 2.24) is 14.8 Å². The first-order chi connectivity index (χ1) is 15.1. The van der Waals surface area contributed by atoms with Gasteiger partial charge in [-0.05, 0) is 43.3 Å². The van der Waals surface area contributed by atoms with Gasteiger partial charge in [-0.25, -0.2) is 4.68 Å². The van der Waals surface area contributed by atoms with Gasteiger partial charge in [0, 0.05) is 22.5 Å². The molecule has 0 radical (unpaired) electrons. The van der Waals surface area contributed by atoms with Crippen molar-refractivity contribution < 1.29 is 4.74 Å². The Morgan fingerprint density at radius 3 is 2.48 bits per heavy atom. The predicted molar refractivity (Wildman–Crippen MR) is 121 cm³/mol. The number of rotatable bonds is 4. The molecule has 1 atom stereocenters. The van der Waals surface area contributed by atoms with Crippen LogP contribution < -0.4 is 20.9 Å². The van der Waals surface area contributed by atoms with Crippen LogP contribution in [0.15, 0.2) is 77.6 Å². The lowest BCUT2D eigenvalue weighted by atomic mass is 10.1. The van der Waals surface area contributed by atoms with Crippen LogP contribution in [0, 0.1) is 6.92 Å². The summed E-state index contributed by atoms with van der Waals surface area (Å²) in [6.45, 7) is 2.00. The van der Waals surface area contributed by atoms with Gasteiger partial charge in [-0.3, -0.25) is 4.79 Å². The summed E-state index contributed by atoms with van der Waals surface area (Å²) in [6.07, 6.45) is -0.435. The van der Waals surface area contributed by atoms with E-state index in [1.165, 1.54) is 0 Å². The van der Waals surface area contributed by atoms with Gasteiger partial charge in [0.1, 0.15) is 5.75 Å². The maximum absolute atomic E-state index is 12.9. The van der Waals surface area contributed by atoms with Crippen LogP contribution in [0.5, 0.6) is 5.75 Å². The van der Waals surface area contributed by atoms with E-state index in [0.717, 1.165) is 33.8 Å². The first kappa shape index (κ1) is 18.9. The number of aromatic nitrogens is 3. The average Bonchev–Trinajstić information content (AvgIpc) is 2.80. The number of methoxy groups -OCH3 is 1. The largest absolute Gasteiger partial charge is 0.497 e. The summed E-state index contributed by atoms with van der Waals surface area (Å²) in [5.41, 5.74) is 4.40. The summed E-state index contributed by atoms with van der Waals surface area (Å²) in [4.78, 5) is 17.3. The van der Waals surface area contributed by atoms with Crippen molar-refractivity contribution >= 4 is 11.4 Å². The molecule has 0 aliphatic carbocycles. The number of ether oxygens (including phenoxy) is 1. The van der Waals surface area contributed by atoms with E-state index in [2.05, 4.69) is 15.6 Å². The van der Waals surface area contributed by atoms with Gasteiger partial charge in [-0.1, -0.05) is 42.0 Å². The lowest BCUT2D eigenvalue weighted by molar-refractivity contribution is 0.415. The molecule has 4 aromatic rings. The van der Waals surface area contributed by atoms with Gasteiger partial charge in [0.05, 0.1) is 7.11 Å². The third-order valence-corrected chi connectivity index (χ3v) is 5.26. The van der Waals surface area contributed by atoms with E-state index in [1.807, 2.05) is 79.7 Å². The van der Waals surface area contributed by atoms with Crippen molar-refractivity contribution in [2.24, 2.45) is 0 Å². The van der Waals surface area contributed by atoms with Gasteiger partial charge in [-0.15, -0.1) is 0 Å². The molecule has 0 unspecified atom stereocenters. The first-order valence-electron chi connectivity index (χ1n) is 9.97. The van der Waals surface area contributed by atoms with Crippen molar-refractivity contribution in [2.45, 2.75) is 13.2 Å². The molecule has 31 heavy (non-hydrogen) atoms. The van der Waals surface area contributed by atoms with E-state index in [4.69, 9.17) is 9.84 Å². The molecule has 7 heteroatoms. The number of para-hydroxylation sites is 1. The highest BCUT2D eigenvalue weighted by atomic mass is 16.5. The smallest absolute Gasteiger partial charge is 0.300 e. The van der Waals surface area contributed by atoms with Crippen molar-refractivity contribution in [1.29, 1.82) is 0 Å². The number of aryl methyl sites for hydroxylation is 1. The third kappa shape index (κ3) is 3.50. The lowest BCUT2D eigenvalue weighted by Gasteiger charge is -2.31. The topological polar surface area (TPSA) is 81.1 Å². The molecule has 0 saturated heterocycles. The molecule has 154 valence electrons. The second-order valence-corrected chi connectivity index (χ2v) is 7.37. The van der Waals surface area contributed by atoms with E-state index in [-0.39, 0.29) is 5.56 Å². The summed E-state index contributed by atoms with van der Waals surface area (Å²) in [5.74, 6) is 1.29. The Bertz CT molecular complexity index is 1300. The number of anilines is 2. The summed E-state index contributed by atoms with van der Waals surface area (Å²) in [7, 11) is 1.64. The highest BCUT2D eigenvalue weighted by molar-refractivity contribution is 5.76.